The van der Waals surface area contributed by atoms with Gasteiger partial charge in [0.05, 0.1) is 0 Å². The van der Waals surface area contributed by atoms with Gasteiger partial charge in [0, 0.05) is 6.04 Å². The molecule has 16 heavy (non-hydrogen) atoms. The van der Waals surface area contributed by atoms with E-state index in [0.29, 0.717) is 0 Å². The fourth-order valence-corrected chi connectivity index (χ4v) is 2.11. The Bertz CT molecular complexity index is 360. The van der Waals surface area contributed by atoms with Crippen LogP contribution in [0.1, 0.15) is 37.8 Å². The van der Waals surface area contributed by atoms with E-state index in [2.05, 4.69) is 18.2 Å². The second-order valence-electron chi connectivity index (χ2n) is 4.82. The fourth-order valence-electron chi connectivity index (χ4n) is 2.11. The summed E-state index contributed by atoms with van der Waals surface area (Å²) in [5.74, 6) is 0.963. The molecule has 0 bridgehead atoms. The Morgan fingerprint density at radius 3 is 2.50 bits per heavy atom. The SMILES string of the molecule is CC(Oc1ccc2c(c1)CCCC2)[C@@H](C)N. The zero-order valence-electron chi connectivity index (χ0n) is 10.2. The highest BCUT2D eigenvalue weighted by Crippen LogP contribution is 2.25. The van der Waals surface area contributed by atoms with Crippen LogP contribution in [-0.4, -0.2) is 12.1 Å². The highest BCUT2D eigenvalue weighted by Gasteiger charge is 2.12. The second kappa shape index (κ2) is 4.88. The Balaban J connectivity index is 2.11. The molecule has 2 N–H and O–H groups in total. The molecule has 0 aromatic heterocycles. The number of aryl methyl sites for hydroxylation is 2. The van der Waals surface area contributed by atoms with Gasteiger partial charge >= 0.3 is 0 Å². The van der Waals surface area contributed by atoms with Gasteiger partial charge in [0.1, 0.15) is 11.9 Å². The predicted octanol–water partition coefficient (Wildman–Crippen LogP) is 2.68. The van der Waals surface area contributed by atoms with Crippen molar-refractivity contribution in [2.45, 2.75) is 51.7 Å². The van der Waals surface area contributed by atoms with Crippen molar-refractivity contribution < 1.29 is 4.74 Å². The Morgan fingerprint density at radius 2 is 1.81 bits per heavy atom. The maximum atomic E-state index is 5.82. The summed E-state index contributed by atoms with van der Waals surface area (Å²) < 4.78 is 5.82. The fraction of sp³-hybridized carbons (Fsp3) is 0.571. The third-order valence-electron chi connectivity index (χ3n) is 3.38. The highest BCUT2D eigenvalue weighted by atomic mass is 16.5. The van der Waals surface area contributed by atoms with Crippen LogP contribution in [0.15, 0.2) is 18.2 Å². The Morgan fingerprint density at radius 1 is 1.12 bits per heavy atom. The summed E-state index contributed by atoms with van der Waals surface area (Å²) in [5, 5.41) is 0. The van der Waals surface area contributed by atoms with Gasteiger partial charge in [-0.3, -0.25) is 0 Å². The first-order valence-electron chi connectivity index (χ1n) is 6.21. The second-order valence-corrected chi connectivity index (χ2v) is 4.82. The molecule has 0 saturated carbocycles. The summed E-state index contributed by atoms with van der Waals surface area (Å²) in [6.07, 6.45) is 5.11. The Hall–Kier alpha value is -1.02. The molecular formula is C14H21NO. The summed E-state index contributed by atoms with van der Waals surface area (Å²) in [7, 11) is 0. The van der Waals surface area contributed by atoms with Crippen molar-refractivity contribution >= 4 is 0 Å². The van der Waals surface area contributed by atoms with Crippen molar-refractivity contribution in [1.82, 2.24) is 0 Å². The molecule has 2 heteroatoms. The van der Waals surface area contributed by atoms with Gasteiger partial charge in [-0.15, -0.1) is 0 Å². The van der Waals surface area contributed by atoms with Gasteiger partial charge in [-0.25, -0.2) is 0 Å². The molecule has 0 fully saturated rings. The molecule has 0 spiro atoms. The van der Waals surface area contributed by atoms with E-state index in [-0.39, 0.29) is 12.1 Å². The maximum absolute atomic E-state index is 5.82. The highest BCUT2D eigenvalue weighted by molar-refractivity contribution is 5.37. The van der Waals surface area contributed by atoms with Gasteiger partial charge in [0.25, 0.3) is 0 Å². The molecule has 0 saturated heterocycles. The van der Waals surface area contributed by atoms with Crippen molar-refractivity contribution in [3.8, 4) is 5.75 Å². The van der Waals surface area contributed by atoms with Gasteiger partial charge in [-0.1, -0.05) is 6.07 Å². The average molecular weight is 219 g/mol. The molecule has 0 radical (unpaired) electrons. The standard InChI is InChI=1S/C14H21NO/c1-10(15)11(2)16-14-8-7-12-5-3-4-6-13(12)9-14/h7-11H,3-6,15H2,1-2H3/t10-,11?/m1/s1. The summed E-state index contributed by atoms with van der Waals surface area (Å²) in [6.45, 7) is 3.99. The number of hydrogen-bond acceptors (Lipinski definition) is 2. The van der Waals surface area contributed by atoms with Gasteiger partial charge in [-0.05, 0) is 62.8 Å². The molecule has 1 aliphatic carbocycles. The van der Waals surface area contributed by atoms with Crippen LogP contribution < -0.4 is 10.5 Å². The molecule has 2 atom stereocenters. The van der Waals surface area contributed by atoms with E-state index >= 15 is 0 Å². The Kier molecular flexibility index (Phi) is 3.49. The lowest BCUT2D eigenvalue weighted by molar-refractivity contribution is 0.196. The van der Waals surface area contributed by atoms with Gasteiger partial charge in [0.2, 0.25) is 0 Å². The van der Waals surface area contributed by atoms with Crippen LogP contribution in [-0.2, 0) is 12.8 Å². The van der Waals surface area contributed by atoms with Crippen molar-refractivity contribution in [3.63, 3.8) is 0 Å². The first-order chi connectivity index (χ1) is 7.66. The molecule has 0 heterocycles. The van der Waals surface area contributed by atoms with Crippen molar-refractivity contribution in [3.05, 3.63) is 29.3 Å². The summed E-state index contributed by atoms with van der Waals surface area (Å²) >= 11 is 0. The smallest absolute Gasteiger partial charge is 0.120 e. The summed E-state index contributed by atoms with van der Waals surface area (Å²) in [4.78, 5) is 0. The lowest BCUT2D eigenvalue weighted by Gasteiger charge is -2.21. The quantitative estimate of drug-likeness (QED) is 0.848. The topological polar surface area (TPSA) is 35.2 Å². The molecule has 1 unspecified atom stereocenters. The largest absolute Gasteiger partial charge is 0.489 e. The van der Waals surface area contributed by atoms with E-state index in [4.69, 9.17) is 10.5 Å². The van der Waals surface area contributed by atoms with Gasteiger partial charge in [0.15, 0.2) is 0 Å². The third kappa shape index (κ3) is 2.56. The molecule has 1 aliphatic rings. The first-order valence-corrected chi connectivity index (χ1v) is 6.21. The van der Waals surface area contributed by atoms with Gasteiger partial charge in [-0.2, -0.15) is 0 Å². The molecule has 2 rings (SSSR count). The number of benzene rings is 1. The first kappa shape index (κ1) is 11.5. The lowest BCUT2D eigenvalue weighted by atomic mass is 9.92. The van der Waals surface area contributed by atoms with Crippen LogP contribution >= 0.6 is 0 Å². The van der Waals surface area contributed by atoms with Crippen LogP contribution in [0.2, 0.25) is 0 Å². The van der Waals surface area contributed by atoms with E-state index in [0.717, 1.165) is 5.75 Å². The Labute approximate surface area is 97.8 Å². The zero-order valence-corrected chi connectivity index (χ0v) is 10.2. The zero-order chi connectivity index (χ0) is 11.5. The van der Waals surface area contributed by atoms with E-state index in [1.807, 2.05) is 13.8 Å². The number of fused-ring (bicyclic) bond motifs is 1. The number of nitrogens with two attached hydrogens (primary N) is 1. The van der Waals surface area contributed by atoms with Gasteiger partial charge < -0.3 is 10.5 Å². The third-order valence-corrected chi connectivity index (χ3v) is 3.38. The minimum absolute atomic E-state index is 0.0658. The van der Waals surface area contributed by atoms with E-state index in [1.165, 1.54) is 36.8 Å². The van der Waals surface area contributed by atoms with Crippen LogP contribution in [0.5, 0.6) is 5.75 Å². The van der Waals surface area contributed by atoms with Crippen LogP contribution in [0.3, 0.4) is 0 Å². The molecule has 0 amide bonds. The van der Waals surface area contributed by atoms with Crippen LogP contribution in [0.25, 0.3) is 0 Å². The van der Waals surface area contributed by atoms with Crippen molar-refractivity contribution in [1.29, 1.82) is 0 Å². The average Bonchev–Trinajstić information content (AvgIpc) is 2.28. The minimum atomic E-state index is 0.0658. The lowest BCUT2D eigenvalue weighted by Crippen LogP contribution is -2.33. The normalized spacial score (nSPS) is 18.7. The van der Waals surface area contributed by atoms with Crippen molar-refractivity contribution in [2.75, 3.05) is 0 Å². The van der Waals surface area contributed by atoms with E-state index in [9.17, 15) is 0 Å². The molecule has 2 nitrogen and oxygen atoms in total. The number of hydrogen-bond donors (Lipinski definition) is 1. The number of ether oxygens (including phenoxy) is 1. The van der Waals surface area contributed by atoms with E-state index in [1.54, 1.807) is 0 Å². The summed E-state index contributed by atoms with van der Waals surface area (Å²) in [5.41, 5.74) is 8.75. The maximum Gasteiger partial charge on any atom is 0.120 e. The van der Waals surface area contributed by atoms with E-state index < -0.39 is 0 Å². The van der Waals surface area contributed by atoms with Crippen molar-refractivity contribution in [2.24, 2.45) is 5.73 Å². The molecule has 1 aromatic rings. The summed E-state index contributed by atoms with van der Waals surface area (Å²) in [6, 6.07) is 6.53. The predicted molar refractivity (Wildman–Crippen MR) is 66.8 cm³/mol. The number of rotatable bonds is 3. The molecule has 0 aliphatic heterocycles. The molecule has 88 valence electrons. The molecular weight excluding hydrogens is 198 g/mol. The van der Waals surface area contributed by atoms with Crippen LogP contribution in [0, 0.1) is 0 Å². The van der Waals surface area contributed by atoms with Crippen LogP contribution in [0.4, 0.5) is 0 Å². The monoisotopic (exact) mass is 219 g/mol. The minimum Gasteiger partial charge on any atom is -0.489 e. The molecule has 1 aromatic carbocycles.